The second-order valence-corrected chi connectivity index (χ2v) is 4.35. The minimum absolute atomic E-state index is 0.0512. The summed E-state index contributed by atoms with van der Waals surface area (Å²) in [6.45, 7) is 5.21. The number of rotatable bonds is 5. The fourth-order valence-corrected chi connectivity index (χ4v) is 1.84. The molecule has 19 heavy (non-hydrogen) atoms. The fraction of sp³-hybridized carbons (Fsp3) is 0.429. The van der Waals surface area contributed by atoms with Crippen molar-refractivity contribution in [3.05, 3.63) is 29.8 Å². The molecule has 0 aliphatic rings. The SMILES string of the molecule is CCN(CC)C(=O)CN(C)C(=O)c1cccc(N)c1. The van der Waals surface area contributed by atoms with Crippen molar-refractivity contribution < 1.29 is 9.59 Å². The van der Waals surface area contributed by atoms with Gasteiger partial charge in [0.2, 0.25) is 5.91 Å². The molecular weight excluding hydrogens is 242 g/mol. The van der Waals surface area contributed by atoms with Crippen molar-refractivity contribution in [1.29, 1.82) is 0 Å². The Kier molecular flexibility index (Phi) is 5.36. The van der Waals surface area contributed by atoms with E-state index in [1.807, 2.05) is 13.8 Å². The second-order valence-electron chi connectivity index (χ2n) is 4.35. The average molecular weight is 263 g/mol. The highest BCUT2D eigenvalue weighted by atomic mass is 16.2. The molecule has 0 spiro atoms. The van der Waals surface area contributed by atoms with Crippen molar-refractivity contribution in [3.63, 3.8) is 0 Å². The van der Waals surface area contributed by atoms with E-state index >= 15 is 0 Å². The molecule has 1 aromatic rings. The highest BCUT2D eigenvalue weighted by Gasteiger charge is 2.17. The van der Waals surface area contributed by atoms with E-state index in [2.05, 4.69) is 0 Å². The Morgan fingerprint density at radius 1 is 1.21 bits per heavy atom. The molecule has 5 heteroatoms. The van der Waals surface area contributed by atoms with E-state index in [-0.39, 0.29) is 18.4 Å². The average Bonchev–Trinajstić information content (AvgIpc) is 2.39. The van der Waals surface area contributed by atoms with E-state index in [0.29, 0.717) is 24.3 Å². The Hall–Kier alpha value is -2.04. The molecule has 0 aromatic heterocycles. The van der Waals surface area contributed by atoms with Gasteiger partial charge in [-0.3, -0.25) is 9.59 Å². The topological polar surface area (TPSA) is 66.6 Å². The van der Waals surface area contributed by atoms with Crippen LogP contribution in [0.5, 0.6) is 0 Å². The molecule has 0 bridgehead atoms. The fourth-order valence-electron chi connectivity index (χ4n) is 1.84. The molecule has 0 saturated heterocycles. The van der Waals surface area contributed by atoms with Gasteiger partial charge in [0.25, 0.3) is 5.91 Å². The molecule has 1 aromatic carbocycles. The summed E-state index contributed by atoms with van der Waals surface area (Å²) >= 11 is 0. The lowest BCUT2D eigenvalue weighted by Crippen LogP contribution is -2.41. The summed E-state index contributed by atoms with van der Waals surface area (Å²) in [6.07, 6.45) is 0. The molecule has 1 rings (SSSR count). The van der Waals surface area contributed by atoms with E-state index in [1.165, 1.54) is 4.90 Å². The molecule has 0 aliphatic carbocycles. The van der Waals surface area contributed by atoms with Crippen molar-refractivity contribution in [2.45, 2.75) is 13.8 Å². The van der Waals surface area contributed by atoms with Gasteiger partial charge in [0, 0.05) is 31.4 Å². The first kappa shape index (κ1) is 15.0. The zero-order valence-corrected chi connectivity index (χ0v) is 11.7. The lowest BCUT2D eigenvalue weighted by Gasteiger charge is -2.23. The molecule has 2 amide bonds. The molecule has 0 radical (unpaired) electrons. The maximum absolute atomic E-state index is 12.1. The highest BCUT2D eigenvalue weighted by Crippen LogP contribution is 2.09. The molecule has 0 fully saturated rings. The van der Waals surface area contributed by atoms with E-state index in [0.717, 1.165) is 0 Å². The van der Waals surface area contributed by atoms with Crippen LogP contribution in [0.1, 0.15) is 24.2 Å². The van der Waals surface area contributed by atoms with Crippen LogP contribution in [0.15, 0.2) is 24.3 Å². The van der Waals surface area contributed by atoms with Gasteiger partial charge < -0.3 is 15.5 Å². The van der Waals surface area contributed by atoms with E-state index in [1.54, 1.807) is 36.2 Å². The molecule has 0 saturated carbocycles. The van der Waals surface area contributed by atoms with Crippen LogP contribution in [-0.4, -0.2) is 48.3 Å². The Balaban J connectivity index is 2.70. The van der Waals surface area contributed by atoms with Crippen molar-refractivity contribution >= 4 is 17.5 Å². The lowest BCUT2D eigenvalue weighted by molar-refractivity contribution is -0.131. The zero-order valence-electron chi connectivity index (χ0n) is 11.7. The quantitative estimate of drug-likeness (QED) is 0.812. The van der Waals surface area contributed by atoms with E-state index in [4.69, 9.17) is 5.73 Å². The minimum Gasteiger partial charge on any atom is -0.399 e. The number of carbonyl (C=O) groups excluding carboxylic acids is 2. The third-order valence-electron chi connectivity index (χ3n) is 2.97. The van der Waals surface area contributed by atoms with Crippen LogP contribution in [0.3, 0.4) is 0 Å². The molecule has 0 atom stereocenters. The van der Waals surface area contributed by atoms with Gasteiger partial charge in [-0.15, -0.1) is 0 Å². The summed E-state index contributed by atoms with van der Waals surface area (Å²) in [5, 5.41) is 0. The van der Waals surface area contributed by atoms with Gasteiger partial charge >= 0.3 is 0 Å². The van der Waals surface area contributed by atoms with Gasteiger partial charge in [-0.25, -0.2) is 0 Å². The first-order valence-corrected chi connectivity index (χ1v) is 6.38. The van der Waals surface area contributed by atoms with Crippen LogP contribution in [0.4, 0.5) is 5.69 Å². The minimum atomic E-state index is -0.201. The number of likely N-dealkylation sites (N-methyl/N-ethyl adjacent to an activating group) is 2. The van der Waals surface area contributed by atoms with Crippen LogP contribution in [0.25, 0.3) is 0 Å². The molecule has 0 heterocycles. The van der Waals surface area contributed by atoms with E-state index in [9.17, 15) is 9.59 Å². The predicted octanol–water partition coefficient (Wildman–Crippen LogP) is 1.21. The van der Waals surface area contributed by atoms with Crippen molar-refractivity contribution in [3.8, 4) is 0 Å². The summed E-state index contributed by atoms with van der Waals surface area (Å²) in [7, 11) is 1.62. The summed E-state index contributed by atoms with van der Waals surface area (Å²) < 4.78 is 0. The maximum atomic E-state index is 12.1. The van der Waals surface area contributed by atoms with Gasteiger partial charge in [-0.2, -0.15) is 0 Å². The smallest absolute Gasteiger partial charge is 0.254 e. The number of benzene rings is 1. The molecular formula is C14H21N3O2. The molecule has 0 aliphatic heterocycles. The Labute approximate surface area is 114 Å². The maximum Gasteiger partial charge on any atom is 0.254 e. The zero-order chi connectivity index (χ0) is 14.4. The van der Waals surface area contributed by atoms with Gasteiger partial charge in [0.15, 0.2) is 0 Å². The Morgan fingerprint density at radius 3 is 2.37 bits per heavy atom. The number of nitrogen functional groups attached to an aromatic ring is 1. The number of nitrogens with two attached hydrogens (primary N) is 1. The largest absolute Gasteiger partial charge is 0.399 e. The molecule has 0 unspecified atom stereocenters. The third-order valence-corrected chi connectivity index (χ3v) is 2.97. The standard InChI is InChI=1S/C14H21N3O2/c1-4-17(5-2)13(18)10-16(3)14(19)11-7-6-8-12(15)9-11/h6-9H,4-5,10,15H2,1-3H3. The van der Waals surface area contributed by atoms with Gasteiger partial charge in [-0.1, -0.05) is 6.07 Å². The van der Waals surface area contributed by atoms with Crippen LogP contribution >= 0.6 is 0 Å². The summed E-state index contributed by atoms with van der Waals surface area (Å²) in [5.74, 6) is -0.252. The number of hydrogen-bond donors (Lipinski definition) is 1. The van der Waals surface area contributed by atoms with E-state index < -0.39 is 0 Å². The first-order chi connectivity index (χ1) is 8.99. The van der Waals surface area contributed by atoms with Gasteiger partial charge in [-0.05, 0) is 32.0 Å². The van der Waals surface area contributed by atoms with Crippen LogP contribution in [0, 0.1) is 0 Å². The number of anilines is 1. The molecule has 5 nitrogen and oxygen atoms in total. The summed E-state index contributed by atoms with van der Waals surface area (Å²) in [5.41, 5.74) is 6.67. The van der Waals surface area contributed by atoms with Crippen LogP contribution in [-0.2, 0) is 4.79 Å². The van der Waals surface area contributed by atoms with Gasteiger partial charge in [0.05, 0.1) is 6.54 Å². The third kappa shape index (κ3) is 3.98. The molecule has 2 N–H and O–H groups in total. The predicted molar refractivity (Wildman–Crippen MR) is 75.7 cm³/mol. The summed E-state index contributed by atoms with van der Waals surface area (Å²) in [4.78, 5) is 27.2. The monoisotopic (exact) mass is 263 g/mol. The number of carbonyl (C=O) groups is 2. The second kappa shape index (κ2) is 6.78. The summed E-state index contributed by atoms with van der Waals surface area (Å²) in [6, 6.07) is 6.75. The first-order valence-electron chi connectivity index (χ1n) is 6.38. The van der Waals surface area contributed by atoms with Crippen molar-refractivity contribution in [1.82, 2.24) is 9.80 Å². The van der Waals surface area contributed by atoms with Crippen LogP contribution < -0.4 is 5.73 Å². The van der Waals surface area contributed by atoms with Crippen LogP contribution in [0.2, 0.25) is 0 Å². The Morgan fingerprint density at radius 2 is 1.84 bits per heavy atom. The normalized spacial score (nSPS) is 10.1. The number of amides is 2. The molecule has 104 valence electrons. The van der Waals surface area contributed by atoms with Gasteiger partial charge in [0.1, 0.15) is 0 Å². The lowest BCUT2D eigenvalue weighted by atomic mass is 10.2. The number of hydrogen-bond acceptors (Lipinski definition) is 3. The highest BCUT2D eigenvalue weighted by molar-refractivity contribution is 5.97. The van der Waals surface area contributed by atoms with Crippen molar-refractivity contribution in [2.75, 3.05) is 32.4 Å². The van der Waals surface area contributed by atoms with Crippen molar-refractivity contribution in [2.24, 2.45) is 0 Å². The number of nitrogens with zero attached hydrogens (tertiary/aromatic N) is 2. The Bertz CT molecular complexity index is 456.